The highest BCUT2D eigenvalue weighted by molar-refractivity contribution is 7.09. The van der Waals surface area contributed by atoms with Gasteiger partial charge in [-0.05, 0) is 12.8 Å². The predicted molar refractivity (Wildman–Crippen MR) is 99.8 cm³/mol. The highest BCUT2D eigenvalue weighted by Gasteiger charge is 2.33. The molecule has 1 fully saturated rings. The molecule has 0 unspecified atom stereocenters. The van der Waals surface area contributed by atoms with Crippen LogP contribution in [0.2, 0.25) is 0 Å². The molecule has 0 aliphatic carbocycles. The molecule has 2 heterocycles. The van der Waals surface area contributed by atoms with Gasteiger partial charge >= 0.3 is 6.18 Å². The molecule has 0 atom stereocenters. The number of alkyl halides is 3. The summed E-state index contributed by atoms with van der Waals surface area (Å²) in [5.74, 6) is 0.793. The van der Waals surface area contributed by atoms with Crippen LogP contribution in [0.5, 0.6) is 0 Å². The average molecular weight is 405 g/mol. The van der Waals surface area contributed by atoms with Gasteiger partial charge in [0.15, 0.2) is 11.7 Å². The van der Waals surface area contributed by atoms with E-state index in [1.807, 2.05) is 18.7 Å². The Morgan fingerprint density at radius 3 is 2.59 bits per heavy atom. The SMILES string of the molecule is CN=C(NCCc1nc(C(F)(F)F)cs1)NC1CCN(C(=O)C(C)C)CC1. The highest BCUT2D eigenvalue weighted by atomic mass is 32.1. The Morgan fingerprint density at radius 2 is 2.07 bits per heavy atom. The number of rotatable bonds is 5. The molecule has 1 aliphatic rings. The van der Waals surface area contributed by atoms with Crippen molar-refractivity contribution in [2.75, 3.05) is 26.7 Å². The van der Waals surface area contributed by atoms with Crippen LogP contribution in [0.1, 0.15) is 37.4 Å². The number of hydrogen-bond acceptors (Lipinski definition) is 4. The summed E-state index contributed by atoms with van der Waals surface area (Å²) < 4.78 is 37.7. The normalized spacial score (nSPS) is 16.7. The minimum atomic E-state index is -4.40. The molecule has 0 spiro atoms. The topological polar surface area (TPSA) is 69.6 Å². The number of halogens is 3. The van der Waals surface area contributed by atoms with E-state index in [0.717, 1.165) is 29.6 Å². The zero-order valence-corrected chi connectivity index (χ0v) is 16.6. The van der Waals surface area contributed by atoms with E-state index in [-0.39, 0.29) is 17.9 Å². The third-order valence-electron chi connectivity index (χ3n) is 4.34. The Hall–Kier alpha value is -1.84. The molecule has 152 valence electrons. The molecule has 10 heteroatoms. The summed E-state index contributed by atoms with van der Waals surface area (Å²) in [4.78, 5) is 21.7. The van der Waals surface area contributed by atoms with Gasteiger partial charge in [-0.1, -0.05) is 13.8 Å². The number of nitrogens with zero attached hydrogens (tertiary/aromatic N) is 3. The third kappa shape index (κ3) is 6.37. The molecule has 2 rings (SSSR count). The van der Waals surface area contributed by atoms with Crippen molar-refractivity contribution in [3.8, 4) is 0 Å². The lowest BCUT2D eigenvalue weighted by Gasteiger charge is -2.34. The van der Waals surface area contributed by atoms with Crippen LogP contribution >= 0.6 is 11.3 Å². The van der Waals surface area contributed by atoms with Crippen molar-refractivity contribution in [2.45, 2.75) is 45.3 Å². The van der Waals surface area contributed by atoms with Gasteiger partial charge < -0.3 is 15.5 Å². The van der Waals surface area contributed by atoms with Crippen molar-refractivity contribution in [3.05, 3.63) is 16.1 Å². The molecule has 2 N–H and O–H groups in total. The smallest absolute Gasteiger partial charge is 0.356 e. The molecule has 6 nitrogen and oxygen atoms in total. The van der Waals surface area contributed by atoms with Crippen LogP contribution in [-0.2, 0) is 17.4 Å². The first-order chi connectivity index (χ1) is 12.7. The number of thiazole rings is 1. The van der Waals surface area contributed by atoms with Crippen molar-refractivity contribution in [3.63, 3.8) is 0 Å². The number of likely N-dealkylation sites (tertiary alicyclic amines) is 1. The molecule has 1 amide bonds. The van der Waals surface area contributed by atoms with Crippen LogP contribution < -0.4 is 10.6 Å². The average Bonchev–Trinajstić information content (AvgIpc) is 3.10. The Balaban J connectivity index is 1.74. The molecule has 0 bridgehead atoms. The van der Waals surface area contributed by atoms with Gasteiger partial charge in [-0.2, -0.15) is 13.2 Å². The summed E-state index contributed by atoms with van der Waals surface area (Å²) in [6.45, 7) is 5.67. The number of guanidine groups is 1. The fourth-order valence-electron chi connectivity index (χ4n) is 2.84. The lowest BCUT2D eigenvalue weighted by Crippen LogP contribution is -2.50. The standard InChI is InChI=1S/C17H26F3N5OS/c1-11(2)15(26)25-8-5-12(6-9-25)23-16(21-3)22-7-4-14-24-13(10-27-14)17(18,19)20/h10-12H,4-9H2,1-3H3,(H2,21,22,23). The number of nitrogens with one attached hydrogen (secondary N) is 2. The lowest BCUT2D eigenvalue weighted by molar-refractivity contribution is -0.140. The number of aromatic nitrogens is 1. The summed E-state index contributed by atoms with van der Waals surface area (Å²) in [6.07, 6.45) is -2.34. The van der Waals surface area contributed by atoms with E-state index >= 15 is 0 Å². The van der Waals surface area contributed by atoms with Crippen molar-refractivity contribution >= 4 is 23.2 Å². The van der Waals surface area contributed by atoms with E-state index < -0.39 is 11.9 Å². The number of hydrogen-bond donors (Lipinski definition) is 2. The number of carbonyl (C=O) groups is 1. The summed E-state index contributed by atoms with van der Waals surface area (Å²) in [5, 5.41) is 7.90. The second-order valence-electron chi connectivity index (χ2n) is 6.77. The Bertz CT molecular complexity index is 651. The highest BCUT2D eigenvalue weighted by Crippen LogP contribution is 2.30. The van der Waals surface area contributed by atoms with Crippen molar-refractivity contribution in [2.24, 2.45) is 10.9 Å². The summed E-state index contributed by atoms with van der Waals surface area (Å²) in [6, 6.07) is 0.212. The Labute approximate surface area is 161 Å². The van der Waals surface area contributed by atoms with Crippen LogP contribution in [0.3, 0.4) is 0 Å². The minimum Gasteiger partial charge on any atom is -0.356 e. The predicted octanol–water partition coefficient (Wildman–Crippen LogP) is 2.52. The maximum atomic E-state index is 12.6. The van der Waals surface area contributed by atoms with Crippen LogP contribution in [-0.4, -0.2) is 54.5 Å². The lowest BCUT2D eigenvalue weighted by atomic mass is 10.0. The Kier molecular flexibility index (Phi) is 7.46. The number of aliphatic imine (C=N–C) groups is 1. The summed E-state index contributed by atoms with van der Waals surface area (Å²) >= 11 is 1.01. The molecule has 1 aromatic heterocycles. The molecule has 1 aromatic rings. The van der Waals surface area contributed by atoms with E-state index in [2.05, 4.69) is 20.6 Å². The molecule has 0 aromatic carbocycles. The van der Waals surface area contributed by atoms with Crippen LogP contribution in [0.25, 0.3) is 0 Å². The molecular formula is C17H26F3N5OS. The first-order valence-corrected chi connectivity index (χ1v) is 9.86. The van der Waals surface area contributed by atoms with Gasteiger partial charge in [-0.3, -0.25) is 9.79 Å². The van der Waals surface area contributed by atoms with E-state index in [9.17, 15) is 18.0 Å². The van der Waals surface area contributed by atoms with E-state index in [0.29, 0.717) is 37.0 Å². The van der Waals surface area contributed by atoms with Gasteiger partial charge in [0, 0.05) is 50.4 Å². The largest absolute Gasteiger partial charge is 0.434 e. The van der Waals surface area contributed by atoms with Gasteiger partial charge in [0.25, 0.3) is 0 Å². The second kappa shape index (κ2) is 9.38. The monoisotopic (exact) mass is 405 g/mol. The van der Waals surface area contributed by atoms with Crippen molar-refractivity contribution in [1.82, 2.24) is 20.5 Å². The van der Waals surface area contributed by atoms with E-state index in [4.69, 9.17) is 0 Å². The molecule has 0 radical (unpaired) electrons. The third-order valence-corrected chi connectivity index (χ3v) is 5.25. The summed E-state index contributed by atoms with van der Waals surface area (Å²) in [5.41, 5.74) is -0.840. The zero-order chi connectivity index (χ0) is 20.0. The fourth-order valence-corrected chi connectivity index (χ4v) is 3.65. The first kappa shape index (κ1) is 21.5. The van der Waals surface area contributed by atoms with E-state index in [1.54, 1.807) is 7.05 Å². The number of piperidine rings is 1. The zero-order valence-electron chi connectivity index (χ0n) is 15.8. The number of amides is 1. The number of carbonyl (C=O) groups excluding carboxylic acids is 1. The van der Waals surface area contributed by atoms with Crippen LogP contribution in [0.4, 0.5) is 13.2 Å². The molecule has 0 saturated carbocycles. The van der Waals surface area contributed by atoms with Gasteiger partial charge in [-0.15, -0.1) is 11.3 Å². The van der Waals surface area contributed by atoms with E-state index in [1.165, 1.54) is 0 Å². The molecular weight excluding hydrogens is 379 g/mol. The minimum absolute atomic E-state index is 0.00710. The van der Waals surface area contributed by atoms with Crippen LogP contribution in [0, 0.1) is 5.92 Å². The first-order valence-electron chi connectivity index (χ1n) is 8.98. The molecule has 1 aliphatic heterocycles. The van der Waals surface area contributed by atoms with Gasteiger partial charge in [0.2, 0.25) is 5.91 Å². The van der Waals surface area contributed by atoms with Gasteiger partial charge in [-0.25, -0.2) is 4.98 Å². The van der Waals surface area contributed by atoms with Crippen molar-refractivity contribution < 1.29 is 18.0 Å². The van der Waals surface area contributed by atoms with Gasteiger partial charge in [0.1, 0.15) is 0 Å². The second-order valence-corrected chi connectivity index (χ2v) is 7.71. The fraction of sp³-hybridized carbons (Fsp3) is 0.706. The maximum absolute atomic E-state index is 12.6. The quantitative estimate of drug-likeness (QED) is 0.583. The van der Waals surface area contributed by atoms with Gasteiger partial charge in [0.05, 0.1) is 5.01 Å². The summed E-state index contributed by atoms with van der Waals surface area (Å²) in [7, 11) is 1.65. The molecule has 27 heavy (non-hydrogen) atoms. The van der Waals surface area contributed by atoms with Crippen molar-refractivity contribution in [1.29, 1.82) is 0 Å². The van der Waals surface area contributed by atoms with Crippen LogP contribution in [0.15, 0.2) is 10.4 Å². The Morgan fingerprint density at radius 1 is 1.41 bits per heavy atom. The molecule has 1 saturated heterocycles. The maximum Gasteiger partial charge on any atom is 0.434 e.